The predicted molar refractivity (Wildman–Crippen MR) is 110 cm³/mol. The van der Waals surface area contributed by atoms with E-state index in [0.717, 1.165) is 42.3 Å². The van der Waals surface area contributed by atoms with Crippen molar-refractivity contribution in [2.45, 2.75) is 76.3 Å². The lowest BCUT2D eigenvalue weighted by Crippen LogP contribution is -2.38. The Morgan fingerprint density at radius 2 is 2.04 bits per heavy atom. The SMILES string of the molecule is CCC(CC)NC(=O)C(C)SCc1nc2sc3c(c2c(=O)[nH]1)CCCC3. The average Bonchev–Trinajstić information content (AvgIpc) is 3.02. The molecule has 0 aliphatic heterocycles. The molecule has 2 aromatic heterocycles. The minimum atomic E-state index is -0.173. The van der Waals surface area contributed by atoms with Crippen LogP contribution >= 0.6 is 23.1 Å². The van der Waals surface area contributed by atoms with Crippen LogP contribution in [0, 0.1) is 0 Å². The fraction of sp³-hybridized carbons (Fsp3) is 0.632. The van der Waals surface area contributed by atoms with Gasteiger partial charge in [0.15, 0.2) is 0 Å². The summed E-state index contributed by atoms with van der Waals surface area (Å²) in [5, 5.41) is 3.69. The number of rotatable bonds is 7. The molecule has 2 heterocycles. The second-order valence-corrected chi connectivity index (χ2v) is 9.29. The number of nitrogens with one attached hydrogen (secondary N) is 2. The monoisotopic (exact) mass is 393 g/mol. The number of hydrogen-bond acceptors (Lipinski definition) is 5. The lowest BCUT2D eigenvalue weighted by molar-refractivity contribution is -0.121. The maximum atomic E-state index is 12.6. The van der Waals surface area contributed by atoms with Gasteiger partial charge in [-0.25, -0.2) is 4.98 Å². The molecule has 1 aliphatic carbocycles. The second-order valence-electron chi connectivity index (χ2n) is 6.88. The highest BCUT2D eigenvalue weighted by Gasteiger charge is 2.21. The van der Waals surface area contributed by atoms with Gasteiger partial charge in [-0.15, -0.1) is 23.1 Å². The van der Waals surface area contributed by atoms with Gasteiger partial charge in [0.05, 0.1) is 16.4 Å². The fourth-order valence-corrected chi connectivity index (χ4v) is 5.41. The van der Waals surface area contributed by atoms with Crippen molar-refractivity contribution < 1.29 is 4.79 Å². The first-order chi connectivity index (χ1) is 12.5. The number of thiophene rings is 1. The van der Waals surface area contributed by atoms with Crippen molar-refractivity contribution in [3.8, 4) is 0 Å². The number of carbonyl (C=O) groups is 1. The number of aryl methyl sites for hydroxylation is 2. The Labute approximate surface area is 162 Å². The van der Waals surface area contributed by atoms with Gasteiger partial charge in [0.2, 0.25) is 5.91 Å². The predicted octanol–water partition coefficient (Wildman–Crippen LogP) is 3.79. The van der Waals surface area contributed by atoms with Gasteiger partial charge in [-0.1, -0.05) is 13.8 Å². The quantitative estimate of drug-likeness (QED) is 0.750. The van der Waals surface area contributed by atoms with Crippen LogP contribution in [0.3, 0.4) is 0 Å². The van der Waals surface area contributed by atoms with E-state index in [1.165, 1.54) is 28.6 Å². The van der Waals surface area contributed by atoms with E-state index in [0.29, 0.717) is 11.6 Å². The maximum absolute atomic E-state index is 12.6. The van der Waals surface area contributed by atoms with Crippen molar-refractivity contribution in [3.05, 3.63) is 26.6 Å². The standard InChI is InChI=1S/C19H27N3O2S2/c1-4-12(5-2)20-17(23)11(3)25-10-15-21-18(24)16-13-8-6-7-9-14(13)26-19(16)22-15/h11-12H,4-10H2,1-3H3,(H,20,23)(H,21,22,24). The molecule has 0 bridgehead atoms. The molecule has 2 N–H and O–H groups in total. The lowest BCUT2D eigenvalue weighted by atomic mass is 9.97. The van der Waals surface area contributed by atoms with E-state index in [1.54, 1.807) is 11.3 Å². The molecular formula is C19H27N3O2S2. The van der Waals surface area contributed by atoms with Gasteiger partial charge >= 0.3 is 0 Å². The van der Waals surface area contributed by atoms with E-state index >= 15 is 0 Å². The van der Waals surface area contributed by atoms with Crippen molar-refractivity contribution in [2.24, 2.45) is 0 Å². The van der Waals surface area contributed by atoms with Crippen LogP contribution in [0.4, 0.5) is 0 Å². The summed E-state index contributed by atoms with van der Waals surface area (Å²) in [4.78, 5) is 34.6. The van der Waals surface area contributed by atoms with E-state index < -0.39 is 0 Å². The Balaban J connectivity index is 1.69. The zero-order valence-electron chi connectivity index (χ0n) is 15.7. The van der Waals surface area contributed by atoms with E-state index in [4.69, 9.17) is 0 Å². The third-order valence-corrected chi connectivity index (χ3v) is 7.39. The van der Waals surface area contributed by atoms with Gasteiger partial charge in [-0.2, -0.15) is 0 Å². The molecular weight excluding hydrogens is 366 g/mol. The normalized spacial score (nSPS) is 15.2. The van der Waals surface area contributed by atoms with E-state index in [1.807, 2.05) is 6.92 Å². The average molecular weight is 394 g/mol. The van der Waals surface area contributed by atoms with Crippen molar-refractivity contribution in [1.29, 1.82) is 0 Å². The highest BCUT2D eigenvalue weighted by atomic mass is 32.2. The number of thioether (sulfide) groups is 1. The molecule has 0 radical (unpaired) electrons. The highest BCUT2D eigenvalue weighted by molar-refractivity contribution is 7.99. The summed E-state index contributed by atoms with van der Waals surface area (Å²) in [5.74, 6) is 1.25. The van der Waals surface area contributed by atoms with Crippen LogP contribution in [-0.2, 0) is 23.4 Å². The van der Waals surface area contributed by atoms with Gasteiger partial charge in [0.25, 0.3) is 5.56 Å². The van der Waals surface area contributed by atoms with Crippen molar-refractivity contribution in [1.82, 2.24) is 15.3 Å². The minimum absolute atomic E-state index is 0.0286. The smallest absolute Gasteiger partial charge is 0.259 e. The zero-order chi connectivity index (χ0) is 18.7. The Kier molecular flexibility index (Phi) is 6.40. The van der Waals surface area contributed by atoms with Crippen LogP contribution in [0.2, 0.25) is 0 Å². The fourth-order valence-electron chi connectivity index (χ4n) is 3.37. The lowest BCUT2D eigenvalue weighted by Gasteiger charge is -2.18. The van der Waals surface area contributed by atoms with Crippen LogP contribution in [-0.4, -0.2) is 27.2 Å². The molecule has 1 amide bonds. The number of carbonyl (C=O) groups excluding carboxylic acids is 1. The first-order valence-corrected chi connectivity index (χ1v) is 11.3. The molecule has 5 nitrogen and oxygen atoms in total. The van der Waals surface area contributed by atoms with Crippen LogP contribution in [0.5, 0.6) is 0 Å². The molecule has 7 heteroatoms. The topological polar surface area (TPSA) is 74.8 Å². The molecule has 142 valence electrons. The zero-order valence-corrected chi connectivity index (χ0v) is 17.3. The molecule has 2 aromatic rings. The van der Waals surface area contributed by atoms with Crippen LogP contribution in [0.25, 0.3) is 10.2 Å². The molecule has 3 rings (SSSR count). The van der Waals surface area contributed by atoms with Gasteiger partial charge in [-0.05, 0) is 51.0 Å². The Morgan fingerprint density at radius 1 is 1.31 bits per heavy atom. The minimum Gasteiger partial charge on any atom is -0.352 e. The summed E-state index contributed by atoms with van der Waals surface area (Å²) in [6, 6.07) is 0.234. The van der Waals surface area contributed by atoms with E-state index in [2.05, 4.69) is 29.1 Å². The molecule has 0 saturated carbocycles. The third-order valence-electron chi connectivity index (χ3n) is 5.05. The third kappa shape index (κ3) is 4.14. The molecule has 0 saturated heterocycles. The Bertz CT molecular complexity index is 839. The molecule has 1 unspecified atom stereocenters. The molecule has 26 heavy (non-hydrogen) atoms. The first-order valence-electron chi connectivity index (χ1n) is 9.48. The van der Waals surface area contributed by atoms with Crippen molar-refractivity contribution in [2.75, 3.05) is 0 Å². The summed E-state index contributed by atoms with van der Waals surface area (Å²) in [6.07, 6.45) is 6.28. The first kappa shape index (κ1) is 19.4. The highest BCUT2D eigenvalue weighted by Crippen LogP contribution is 2.33. The van der Waals surface area contributed by atoms with Gasteiger partial charge in [0, 0.05) is 10.9 Å². The van der Waals surface area contributed by atoms with Gasteiger partial charge < -0.3 is 10.3 Å². The summed E-state index contributed by atoms with van der Waals surface area (Å²) in [6.45, 7) is 6.07. The molecule has 1 aliphatic rings. The number of fused-ring (bicyclic) bond motifs is 3. The summed E-state index contributed by atoms with van der Waals surface area (Å²) >= 11 is 3.18. The summed E-state index contributed by atoms with van der Waals surface area (Å²) < 4.78 is 0. The van der Waals surface area contributed by atoms with Crippen LogP contribution in [0.1, 0.15) is 62.7 Å². The molecule has 0 aromatic carbocycles. The van der Waals surface area contributed by atoms with Crippen molar-refractivity contribution in [3.63, 3.8) is 0 Å². The van der Waals surface area contributed by atoms with E-state index in [-0.39, 0.29) is 22.8 Å². The Hall–Kier alpha value is -1.34. The number of aromatic nitrogens is 2. The Morgan fingerprint density at radius 3 is 2.77 bits per heavy atom. The van der Waals surface area contributed by atoms with Crippen LogP contribution < -0.4 is 10.9 Å². The summed E-state index contributed by atoms with van der Waals surface area (Å²) in [7, 11) is 0. The number of H-pyrrole nitrogens is 1. The molecule has 0 spiro atoms. The van der Waals surface area contributed by atoms with Crippen molar-refractivity contribution >= 4 is 39.2 Å². The maximum Gasteiger partial charge on any atom is 0.259 e. The van der Waals surface area contributed by atoms with Crippen LogP contribution in [0.15, 0.2) is 4.79 Å². The number of amides is 1. The second kappa shape index (κ2) is 8.57. The molecule has 0 fully saturated rings. The van der Waals surface area contributed by atoms with Gasteiger partial charge in [-0.3, -0.25) is 9.59 Å². The number of aromatic amines is 1. The van der Waals surface area contributed by atoms with Gasteiger partial charge in [0.1, 0.15) is 10.7 Å². The largest absolute Gasteiger partial charge is 0.352 e. The number of hydrogen-bond donors (Lipinski definition) is 2. The molecule has 1 atom stereocenters. The number of nitrogens with zero attached hydrogens (tertiary/aromatic N) is 1. The van der Waals surface area contributed by atoms with E-state index in [9.17, 15) is 9.59 Å². The summed E-state index contributed by atoms with van der Waals surface area (Å²) in [5.41, 5.74) is 1.18.